The third-order valence-corrected chi connectivity index (χ3v) is 5.82. The molecule has 2 amide bonds. The van der Waals surface area contributed by atoms with Crippen LogP contribution in [0.5, 0.6) is 5.75 Å². The van der Waals surface area contributed by atoms with Gasteiger partial charge in [-0.15, -0.1) is 11.8 Å². The van der Waals surface area contributed by atoms with Crippen LogP contribution >= 0.6 is 35.0 Å². The molecule has 24 heavy (non-hydrogen) atoms. The van der Waals surface area contributed by atoms with Gasteiger partial charge in [-0.3, -0.25) is 0 Å². The number of urea groups is 1. The fraction of sp³-hybridized carbons (Fsp3) is 0.235. The number of thioether (sulfide) groups is 1. The van der Waals surface area contributed by atoms with Gasteiger partial charge in [0.1, 0.15) is 11.1 Å². The van der Waals surface area contributed by atoms with Crippen LogP contribution in [-0.2, 0) is 0 Å². The highest BCUT2D eigenvalue weighted by molar-refractivity contribution is 7.99. The molecule has 0 unspecified atom stereocenters. The van der Waals surface area contributed by atoms with Gasteiger partial charge in [0, 0.05) is 17.9 Å². The second-order valence-electron chi connectivity index (χ2n) is 5.19. The van der Waals surface area contributed by atoms with Gasteiger partial charge in [-0.1, -0.05) is 47.5 Å². The van der Waals surface area contributed by atoms with Crippen molar-refractivity contribution in [3.8, 4) is 5.75 Å². The third kappa shape index (κ3) is 3.43. The lowest BCUT2D eigenvalue weighted by molar-refractivity contribution is 0.214. The van der Waals surface area contributed by atoms with Crippen LogP contribution in [-0.4, -0.2) is 30.3 Å². The van der Waals surface area contributed by atoms with E-state index in [1.54, 1.807) is 42.0 Å². The summed E-state index contributed by atoms with van der Waals surface area (Å²) in [6.45, 7) is 0.638. The molecule has 1 aliphatic heterocycles. The van der Waals surface area contributed by atoms with E-state index in [0.717, 1.165) is 11.3 Å². The first-order valence-electron chi connectivity index (χ1n) is 7.38. The topological polar surface area (TPSA) is 41.6 Å². The minimum Gasteiger partial charge on any atom is -0.495 e. The first-order valence-corrected chi connectivity index (χ1v) is 9.18. The number of methoxy groups -OCH3 is 1. The molecule has 2 aromatic rings. The van der Waals surface area contributed by atoms with Crippen LogP contribution in [0.3, 0.4) is 0 Å². The van der Waals surface area contributed by atoms with Gasteiger partial charge in [0.2, 0.25) is 0 Å². The van der Waals surface area contributed by atoms with Crippen molar-refractivity contribution >= 4 is 46.7 Å². The number of benzene rings is 2. The Morgan fingerprint density at radius 2 is 2.04 bits per heavy atom. The predicted octanol–water partition coefficient (Wildman–Crippen LogP) is 5.28. The summed E-state index contributed by atoms with van der Waals surface area (Å²) < 4.78 is 5.28. The molecule has 1 atom stereocenters. The summed E-state index contributed by atoms with van der Waals surface area (Å²) >= 11 is 14.1. The number of hydrogen-bond donors (Lipinski definition) is 1. The molecular weight excluding hydrogens is 367 g/mol. The molecule has 1 N–H and O–H groups in total. The van der Waals surface area contributed by atoms with Crippen LogP contribution in [0.15, 0.2) is 42.5 Å². The Hall–Kier alpha value is -1.56. The SMILES string of the molecule is COc1ccccc1NC(=O)N1CCS[C@H]1c1cccc(Cl)c1Cl. The fourth-order valence-corrected chi connectivity index (χ4v) is 4.34. The smallest absolute Gasteiger partial charge is 0.323 e. The van der Waals surface area contributed by atoms with E-state index in [1.165, 1.54) is 0 Å². The molecule has 0 saturated carbocycles. The Kier molecular flexibility index (Phi) is 5.43. The number of rotatable bonds is 3. The van der Waals surface area contributed by atoms with Crippen LogP contribution in [0.4, 0.5) is 10.5 Å². The molecule has 0 spiro atoms. The highest BCUT2D eigenvalue weighted by Gasteiger charge is 2.32. The zero-order valence-corrected chi connectivity index (χ0v) is 15.3. The lowest BCUT2D eigenvalue weighted by Gasteiger charge is -2.25. The van der Waals surface area contributed by atoms with Crippen molar-refractivity contribution in [1.29, 1.82) is 0 Å². The lowest BCUT2D eigenvalue weighted by Crippen LogP contribution is -2.34. The number of nitrogens with zero attached hydrogens (tertiary/aromatic N) is 1. The highest BCUT2D eigenvalue weighted by atomic mass is 35.5. The number of ether oxygens (including phenoxy) is 1. The maximum absolute atomic E-state index is 12.7. The number of anilines is 1. The van der Waals surface area contributed by atoms with Crippen LogP contribution < -0.4 is 10.1 Å². The number of halogens is 2. The Labute approximate surface area is 155 Å². The Balaban J connectivity index is 1.82. The summed E-state index contributed by atoms with van der Waals surface area (Å²) in [5, 5.41) is 3.74. The van der Waals surface area contributed by atoms with Crippen molar-refractivity contribution in [3.05, 3.63) is 58.1 Å². The van der Waals surface area contributed by atoms with E-state index in [0.29, 0.717) is 28.0 Å². The molecule has 1 fully saturated rings. The van der Waals surface area contributed by atoms with Gasteiger partial charge in [-0.05, 0) is 18.2 Å². The molecule has 0 bridgehead atoms. The van der Waals surface area contributed by atoms with E-state index in [4.69, 9.17) is 27.9 Å². The molecule has 0 radical (unpaired) electrons. The fourth-order valence-electron chi connectivity index (χ4n) is 2.58. The van der Waals surface area contributed by atoms with Gasteiger partial charge in [0.15, 0.2) is 0 Å². The number of amides is 2. The summed E-state index contributed by atoms with van der Waals surface area (Å²) in [7, 11) is 1.57. The van der Waals surface area contributed by atoms with Gasteiger partial charge in [0.05, 0.1) is 22.8 Å². The molecule has 2 aromatic carbocycles. The Morgan fingerprint density at radius 3 is 2.83 bits per heavy atom. The molecule has 7 heteroatoms. The summed E-state index contributed by atoms with van der Waals surface area (Å²) in [4.78, 5) is 14.5. The van der Waals surface area contributed by atoms with Crippen molar-refractivity contribution in [2.24, 2.45) is 0 Å². The number of para-hydroxylation sites is 2. The van der Waals surface area contributed by atoms with Gasteiger partial charge in [0.25, 0.3) is 0 Å². The summed E-state index contributed by atoms with van der Waals surface area (Å²) in [5.41, 5.74) is 1.49. The van der Waals surface area contributed by atoms with Crippen molar-refractivity contribution in [3.63, 3.8) is 0 Å². The molecule has 1 heterocycles. The molecule has 0 aliphatic carbocycles. The van der Waals surface area contributed by atoms with Crippen LogP contribution in [0.2, 0.25) is 10.0 Å². The molecule has 3 rings (SSSR count). The largest absolute Gasteiger partial charge is 0.495 e. The van der Waals surface area contributed by atoms with E-state index in [-0.39, 0.29) is 11.4 Å². The van der Waals surface area contributed by atoms with Gasteiger partial charge < -0.3 is 15.0 Å². The van der Waals surface area contributed by atoms with E-state index in [9.17, 15) is 4.79 Å². The van der Waals surface area contributed by atoms with E-state index >= 15 is 0 Å². The maximum Gasteiger partial charge on any atom is 0.323 e. The van der Waals surface area contributed by atoms with Crippen LogP contribution in [0, 0.1) is 0 Å². The Morgan fingerprint density at radius 1 is 1.25 bits per heavy atom. The van der Waals surface area contributed by atoms with Gasteiger partial charge in [-0.25, -0.2) is 4.79 Å². The second-order valence-corrected chi connectivity index (χ2v) is 7.16. The standard InChI is InChI=1S/C17H16Cl2N2O2S/c1-23-14-8-3-2-7-13(14)20-17(22)21-9-10-24-16(21)11-5-4-6-12(18)15(11)19/h2-8,16H,9-10H2,1H3,(H,20,22)/t16-/m0/s1. The minimum atomic E-state index is -0.189. The van der Waals surface area contributed by atoms with Crippen molar-refractivity contribution in [2.45, 2.75) is 5.37 Å². The number of hydrogen-bond acceptors (Lipinski definition) is 3. The average molecular weight is 383 g/mol. The van der Waals surface area contributed by atoms with Crippen molar-refractivity contribution in [2.75, 3.05) is 24.7 Å². The lowest BCUT2D eigenvalue weighted by atomic mass is 10.2. The van der Waals surface area contributed by atoms with Crippen LogP contribution in [0.25, 0.3) is 0 Å². The van der Waals surface area contributed by atoms with Crippen LogP contribution in [0.1, 0.15) is 10.9 Å². The molecule has 1 saturated heterocycles. The third-order valence-electron chi connectivity index (χ3n) is 3.75. The summed E-state index contributed by atoms with van der Waals surface area (Å²) in [5.74, 6) is 1.46. The molecule has 126 valence electrons. The summed E-state index contributed by atoms with van der Waals surface area (Å²) in [6.07, 6.45) is 0. The van der Waals surface area contributed by atoms with Crippen molar-refractivity contribution < 1.29 is 9.53 Å². The normalized spacial score (nSPS) is 17.0. The van der Waals surface area contributed by atoms with Gasteiger partial charge in [-0.2, -0.15) is 0 Å². The summed E-state index contributed by atoms with van der Waals surface area (Å²) in [6, 6.07) is 12.6. The van der Waals surface area contributed by atoms with E-state index in [1.807, 2.05) is 24.3 Å². The molecule has 0 aromatic heterocycles. The number of carbonyl (C=O) groups excluding carboxylic acids is 1. The predicted molar refractivity (Wildman–Crippen MR) is 100 cm³/mol. The zero-order valence-electron chi connectivity index (χ0n) is 13.0. The number of carbonyl (C=O) groups is 1. The molecular formula is C17H16Cl2N2O2S. The first-order chi connectivity index (χ1) is 11.6. The quantitative estimate of drug-likeness (QED) is 0.784. The zero-order chi connectivity index (χ0) is 17.1. The Bertz CT molecular complexity index is 757. The monoisotopic (exact) mass is 382 g/mol. The first kappa shape index (κ1) is 17.3. The maximum atomic E-state index is 12.7. The van der Waals surface area contributed by atoms with Gasteiger partial charge >= 0.3 is 6.03 Å². The molecule has 1 aliphatic rings. The van der Waals surface area contributed by atoms with E-state index in [2.05, 4.69) is 5.32 Å². The minimum absolute atomic E-state index is 0.161. The average Bonchev–Trinajstić information content (AvgIpc) is 3.07. The second kappa shape index (κ2) is 7.55. The number of nitrogens with one attached hydrogen (secondary N) is 1. The highest BCUT2D eigenvalue weighted by Crippen LogP contribution is 2.43. The molecule has 4 nitrogen and oxygen atoms in total. The van der Waals surface area contributed by atoms with Crippen molar-refractivity contribution in [1.82, 2.24) is 4.90 Å². The van der Waals surface area contributed by atoms with E-state index < -0.39 is 0 Å².